The molecular weight excluding hydrogens is 275 g/mol. The summed E-state index contributed by atoms with van der Waals surface area (Å²) in [7, 11) is -4.39. The minimum atomic E-state index is -4.39. The molecular formula is C13H11NaO4S. The molecule has 0 bridgehead atoms. The van der Waals surface area contributed by atoms with Gasteiger partial charge in [0.15, 0.2) is 0 Å². The van der Waals surface area contributed by atoms with Gasteiger partial charge in [-0.05, 0) is 29.8 Å². The van der Waals surface area contributed by atoms with Crippen LogP contribution in [0, 0.1) is 0 Å². The molecule has 2 aromatic carbocycles. The topological polar surface area (TPSA) is 66.4 Å². The Labute approximate surface area is 134 Å². The molecule has 4 nitrogen and oxygen atoms in total. The van der Waals surface area contributed by atoms with E-state index >= 15 is 0 Å². The molecule has 0 atom stereocenters. The first kappa shape index (κ1) is 16.2. The van der Waals surface area contributed by atoms with Crippen LogP contribution in [0.25, 0.3) is 0 Å². The van der Waals surface area contributed by atoms with Gasteiger partial charge in [0.2, 0.25) is 0 Å². The molecule has 0 N–H and O–H groups in total. The zero-order chi connectivity index (χ0) is 13.0. The van der Waals surface area contributed by atoms with E-state index in [9.17, 15) is 13.0 Å². The van der Waals surface area contributed by atoms with E-state index in [2.05, 4.69) is 0 Å². The second kappa shape index (κ2) is 7.07. The van der Waals surface area contributed by atoms with Crippen molar-refractivity contribution >= 4 is 10.1 Å². The van der Waals surface area contributed by atoms with E-state index in [1.165, 1.54) is 24.3 Å². The van der Waals surface area contributed by atoms with Gasteiger partial charge in [0.1, 0.15) is 22.5 Å². The molecule has 0 aromatic heterocycles. The molecule has 0 unspecified atom stereocenters. The number of rotatable bonds is 4. The van der Waals surface area contributed by atoms with Crippen LogP contribution in [0.15, 0.2) is 59.5 Å². The van der Waals surface area contributed by atoms with Crippen molar-refractivity contribution in [2.24, 2.45) is 0 Å². The molecule has 0 spiro atoms. The Morgan fingerprint density at radius 2 is 1.53 bits per heavy atom. The third kappa shape index (κ3) is 4.97. The summed E-state index contributed by atoms with van der Waals surface area (Å²) < 4.78 is 37.6. The Kier molecular flexibility index (Phi) is 6.03. The molecule has 2 aromatic rings. The van der Waals surface area contributed by atoms with Gasteiger partial charge in [-0.2, -0.15) is 0 Å². The van der Waals surface area contributed by atoms with Crippen molar-refractivity contribution in [2.75, 3.05) is 0 Å². The molecule has 0 saturated heterocycles. The second-order valence-corrected chi connectivity index (χ2v) is 5.08. The van der Waals surface area contributed by atoms with Crippen LogP contribution >= 0.6 is 0 Å². The van der Waals surface area contributed by atoms with Gasteiger partial charge in [-0.25, -0.2) is 8.42 Å². The van der Waals surface area contributed by atoms with Crippen molar-refractivity contribution in [3.05, 3.63) is 60.2 Å². The van der Waals surface area contributed by atoms with Gasteiger partial charge in [0, 0.05) is 0 Å². The smallest absolute Gasteiger partial charge is 0.744 e. The molecule has 94 valence electrons. The van der Waals surface area contributed by atoms with E-state index < -0.39 is 10.1 Å². The van der Waals surface area contributed by atoms with Gasteiger partial charge in [0.05, 0.1) is 4.90 Å². The SMILES string of the molecule is O=S(=O)([O-])c1ccc(OCc2ccccc2)cc1.[Na+]. The van der Waals surface area contributed by atoms with Crippen LogP contribution in [-0.4, -0.2) is 13.0 Å². The van der Waals surface area contributed by atoms with Crippen molar-refractivity contribution in [2.45, 2.75) is 11.5 Å². The number of ether oxygens (including phenoxy) is 1. The van der Waals surface area contributed by atoms with Gasteiger partial charge < -0.3 is 9.29 Å². The van der Waals surface area contributed by atoms with Crippen LogP contribution in [0.1, 0.15) is 5.56 Å². The fourth-order valence-corrected chi connectivity index (χ4v) is 1.91. The van der Waals surface area contributed by atoms with E-state index in [1.807, 2.05) is 30.3 Å². The summed E-state index contributed by atoms with van der Waals surface area (Å²) in [4.78, 5) is -0.255. The first-order chi connectivity index (χ1) is 8.55. The monoisotopic (exact) mass is 286 g/mol. The molecule has 0 saturated carbocycles. The average molecular weight is 286 g/mol. The summed E-state index contributed by atoms with van der Waals surface area (Å²) in [6.45, 7) is 0.393. The van der Waals surface area contributed by atoms with Gasteiger partial charge in [-0.1, -0.05) is 30.3 Å². The van der Waals surface area contributed by atoms with E-state index in [4.69, 9.17) is 4.74 Å². The summed E-state index contributed by atoms with van der Waals surface area (Å²) in [5, 5.41) is 0. The summed E-state index contributed by atoms with van der Waals surface area (Å²) in [6.07, 6.45) is 0. The molecule has 0 aliphatic carbocycles. The van der Waals surface area contributed by atoms with Crippen molar-refractivity contribution in [1.29, 1.82) is 0 Å². The van der Waals surface area contributed by atoms with Crippen molar-refractivity contribution in [1.82, 2.24) is 0 Å². The van der Waals surface area contributed by atoms with Gasteiger partial charge in [-0.3, -0.25) is 0 Å². The first-order valence-electron chi connectivity index (χ1n) is 5.28. The Balaban J connectivity index is 0.00000180. The van der Waals surface area contributed by atoms with Crippen molar-refractivity contribution in [3.63, 3.8) is 0 Å². The van der Waals surface area contributed by atoms with Crippen molar-refractivity contribution < 1.29 is 47.3 Å². The molecule has 0 amide bonds. The van der Waals surface area contributed by atoms with Crippen LogP contribution in [0.2, 0.25) is 0 Å². The minimum absolute atomic E-state index is 0. The summed E-state index contributed by atoms with van der Waals surface area (Å²) in [5.41, 5.74) is 1.01. The fraction of sp³-hybridized carbons (Fsp3) is 0.0769. The second-order valence-electron chi connectivity index (χ2n) is 3.70. The predicted octanol–water partition coefficient (Wildman–Crippen LogP) is -0.826. The summed E-state index contributed by atoms with van der Waals surface area (Å²) in [6, 6.07) is 15.0. The van der Waals surface area contributed by atoms with E-state index in [0.717, 1.165) is 5.56 Å². The third-order valence-electron chi connectivity index (χ3n) is 2.36. The maximum absolute atomic E-state index is 10.7. The fourth-order valence-electron chi connectivity index (χ4n) is 1.44. The van der Waals surface area contributed by atoms with Gasteiger partial charge in [0.25, 0.3) is 0 Å². The zero-order valence-electron chi connectivity index (χ0n) is 10.4. The zero-order valence-corrected chi connectivity index (χ0v) is 13.3. The molecule has 0 heterocycles. The standard InChI is InChI=1S/C13H12O4S.Na/c14-18(15,16)13-8-6-12(7-9-13)17-10-11-4-2-1-3-5-11;/h1-9H,10H2,(H,14,15,16);/q;+1/p-1. The quantitative estimate of drug-likeness (QED) is 0.544. The van der Waals surface area contributed by atoms with Crippen molar-refractivity contribution in [3.8, 4) is 5.75 Å². The Bertz CT molecular complexity index is 609. The first-order valence-corrected chi connectivity index (χ1v) is 6.69. The molecule has 6 heteroatoms. The Morgan fingerprint density at radius 3 is 2.05 bits per heavy atom. The maximum Gasteiger partial charge on any atom is 1.00 e. The Morgan fingerprint density at radius 1 is 0.947 bits per heavy atom. The normalized spacial score (nSPS) is 10.6. The molecule has 2 rings (SSSR count). The van der Waals surface area contributed by atoms with E-state index in [-0.39, 0.29) is 34.5 Å². The number of benzene rings is 2. The molecule has 0 aliphatic heterocycles. The van der Waals surface area contributed by atoms with Crippen LogP contribution in [0.4, 0.5) is 0 Å². The molecule has 0 radical (unpaired) electrons. The van der Waals surface area contributed by atoms with Crippen LogP contribution in [0.3, 0.4) is 0 Å². The molecule has 19 heavy (non-hydrogen) atoms. The third-order valence-corrected chi connectivity index (χ3v) is 3.21. The molecule has 0 fully saturated rings. The van der Waals surface area contributed by atoms with Crippen LogP contribution in [0.5, 0.6) is 5.75 Å². The summed E-state index contributed by atoms with van der Waals surface area (Å²) >= 11 is 0. The minimum Gasteiger partial charge on any atom is -0.744 e. The number of hydrogen-bond donors (Lipinski definition) is 0. The van der Waals surface area contributed by atoms with E-state index in [0.29, 0.717) is 12.4 Å². The van der Waals surface area contributed by atoms with Crippen LogP contribution < -0.4 is 34.3 Å². The van der Waals surface area contributed by atoms with Gasteiger partial charge in [-0.15, -0.1) is 0 Å². The Hall–Kier alpha value is -0.850. The van der Waals surface area contributed by atoms with Crippen LogP contribution in [-0.2, 0) is 16.7 Å². The molecule has 0 aliphatic rings. The number of hydrogen-bond acceptors (Lipinski definition) is 4. The summed E-state index contributed by atoms with van der Waals surface area (Å²) in [5.74, 6) is 0.520. The van der Waals surface area contributed by atoms with E-state index in [1.54, 1.807) is 0 Å². The van der Waals surface area contributed by atoms with Gasteiger partial charge >= 0.3 is 29.6 Å². The maximum atomic E-state index is 10.7. The largest absolute Gasteiger partial charge is 1.00 e. The average Bonchev–Trinajstić information content (AvgIpc) is 2.37. The predicted molar refractivity (Wildman–Crippen MR) is 65.2 cm³/mol.